The Morgan fingerprint density at radius 3 is 2.18 bits per heavy atom. The second-order valence-electron chi connectivity index (χ2n) is 5.56. The third-order valence-corrected chi connectivity index (χ3v) is 3.57. The minimum absolute atomic E-state index is 0.239. The molecule has 1 fully saturated rings. The van der Waals surface area contributed by atoms with Crippen LogP contribution in [0.1, 0.15) is 13.8 Å². The smallest absolute Gasteiger partial charge is 0.324 e. The van der Waals surface area contributed by atoms with Crippen molar-refractivity contribution in [2.24, 2.45) is 0 Å². The van der Waals surface area contributed by atoms with Crippen molar-refractivity contribution >= 4 is 11.7 Å². The highest BCUT2D eigenvalue weighted by atomic mass is 16.5. The Bertz CT molecular complexity index is 534. The van der Waals surface area contributed by atoms with Crippen molar-refractivity contribution in [2.45, 2.75) is 19.4 Å². The number of carbonyl (C=O) groups excluding carboxylic acids is 1. The van der Waals surface area contributed by atoms with Crippen LogP contribution >= 0.6 is 0 Å². The molecule has 2 amide bonds. The van der Waals surface area contributed by atoms with Gasteiger partial charge in [-0.05, 0) is 13.8 Å². The number of methoxy groups -OCH3 is 3. The number of rotatable bonds is 4. The van der Waals surface area contributed by atoms with Crippen molar-refractivity contribution in [3.8, 4) is 17.2 Å². The second kappa shape index (κ2) is 6.31. The molecule has 1 aliphatic rings. The van der Waals surface area contributed by atoms with Crippen molar-refractivity contribution in [1.29, 1.82) is 0 Å². The normalized spacial score (nSPS) is 16.3. The number of urea groups is 1. The Labute approximate surface area is 130 Å². The van der Waals surface area contributed by atoms with E-state index in [1.807, 2.05) is 13.8 Å². The maximum atomic E-state index is 12.4. The Kier molecular flexibility index (Phi) is 4.65. The number of amides is 2. The minimum Gasteiger partial charge on any atom is -0.493 e. The maximum absolute atomic E-state index is 12.4. The molecule has 22 heavy (non-hydrogen) atoms. The zero-order valence-electron chi connectivity index (χ0n) is 13.6. The molecule has 1 aliphatic heterocycles. The summed E-state index contributed by atoms with van der Waals surface area (Å²) in [6.07, 6.45) is 0. The molecule has 0 radical (unpaired) electrons. The summed E-state index contributed by atoms with van der Waals surface area (Å²) in [6.45, 7) is 4.68. The minimum atomic E-state index is -0.343. The molecule has 0 bridgehead atoms. The van der Waals surface area contributed by atoms with E-state index >= 15 is 0 Å². The molecule has 0 saturated carbocycles. The first kappa shape index (κ1) is 16.2. The van der Waals surface area contributed by atoms with Crippen LogP contribution in [-0.4, -0.2) is 51.1 Å². The number of hydrogen-bond acceptors (Lipinski definition) is 5. The van der Waals surface area contributed by atoms with Crippen molar-refractivity contribution in [1.82, 2.24) is 4.90 Å². The quantitative estimate of drug-likeness (QED) is 0.924. The molecule has 7 heteroatoms. The molecule has 0 unspecified atom stereocenters. The molecule has 0 aliphatic carbocycles. The Morgan fingerprint density at radius 2 is 1.77 bits per heavy atom. The fourth-order valence-electron chi connectivity index (χ4n) is 2.32. The highest BCUT2D eigenvalue weighted by molar-refractivity contribution is 5.90. The molecule has 7 nitrogen and oxygen atoms in total. The number of ether oxygens (including phenoxy) is 4. The average molecular weight is 310 g/mol. The van der Waals surface area contributed by atoms with E-state index in [0.29, 0.717) is 29.5 Å². The first-order valence-corrected chi connectivity index (χ1v) is 6.89. The summed E-state index contributed by atoms with van der Waals surface area (Å²) in [5.41, 5.74) is 0.215. The van der Waals surface area contributed by atoms with E-state index in [1.165, 1.54) is 21.3 Å². The summed E-state index contributed by atoms with van der Waals surface area (Å²) in [5, 5.41) is 2.83. The van der Waals surface area contributed by atoms with E-state index < -0.39 is 0 Å². The molecule has 1 aromatic rings. The molecule has 2 rings (SSSR count). The highest BCUT2D eigenvalue weighted by Gasteiger charge is 2.36. The maximum Gasteiger partial charge on any atom is 0.324 e. The van der Waals surface area contributed by atoms with Gasteiger partial charge in [0, 0.05) is 12.1 Å². The van der Waals surface area contributed by atoms with Gasteiger partial charge in [0.2, 0.25) is 5.75 Å². The predicted molar refractivity (Wildman–Crippen MR) is 81.9 cm³/mol. The summed E-state index contributed by atoms with van der Waals surface area (Å²) in [5.74, 6) is 1.44. The van der Waals surface area contributed by atoms with Crippen LogP contribution < -0.4 is 19.5 Å². The molecule has 1 saturated heterocycles. The van der Waals surface area contributed by atoms with Gasteiger partial charge in [-0.15, -0.1) is 0 Å². The summed E-state index contributed by atoms with van der Waals surface area (Å²) in [7, 11) is 4.59. The molecule has 0 spiro atoms. The van der Waals surface area contributed by atoms with Gasteiger partial charge in [0.15, 0.2) is 11.5 Å². The first-order chi connectivity index (χ1) is 10.4. The first-order valence-electron chi connectivity index (χ1n) is 6.89. The second-order valence-corrected chi connectivity index (χ2v) is 5.56. The van der Waals surface area contributed by atoms with Crippen LogP contribution in [0.2, 0.25) is 0 Å². The van der Waals surface area contributed by atoms with Crippen LogP contribution in [-0.2, 0) is 4.74 Å². The summed E-state index contributed by atoms with van der Waals surface area (Å²) in [6, 6.07) is 3.13. The number of hydrogen-bond donors (Lipinski definition) is 1. The number of anilines is 1. The van der Waals surface area contributed by atoms with Gasteiger partial charge < -0.3 is 24.3 Å². The standard InChI is InChI=1S/C15H22N2O5/c1-15(2)8-22-9-17(15)14(18)16-10-6-11(19-3)13(21-5)12(7-10)20-4/h6-7H,8-9H2,1-5H3,(H,16,18). The zero-order chi connectivity index (χ0) is 16.3. The highest BCUT2D eigenvalue weighted by Crippen LogP contribution is 2.40. The van der Waals surface area contributed by atoms with E-state index in [1.54, 1.807) is 17.0 Å². The van der Waals surface area contributed by atoms with Crippen LogP contribution in [0.15, 0.2) is 12.1 Å². The lowest BCUT2D eigenvalue weighted by Crippen LogP contribution is -2.46. The van der Waals surface area contributed by atoms with E-state index in [9.17, 15) is 4.79 Å². The number of carbonyl (C=O) groups is 1. The van der Waals surface area contributed by atoms with Gasteiger partial charge in [-0.3, -0.25) is 4.90 Å². The fraction of sp³-hybridized carbons (Fsp3) is 0.533. The predicted octanol–water partition coefficient (Wildman–Crippen LogP) is 2.31. The Balaban J connectivity index is 2.24. The SMILES string of the molecule is COc1cc(NC(=O)N2COCC2(C)C)cc(OC)c1OC. The van der Waals surface area contributed by atoms with Crippen LogP contribution in [0.25, 0.3) is 0 Å². The molecule has 0 atom stereocenters. The van der Waals surface area contributed by atoms with E-state index in [2.05, 4.69) is 5.32 Å². The Morgan fingerprint density at radius 1 is 1.18 bits per heavy atom. The van der Waals surface area contributed by atoms with E-state index in [0.717, 1.165) is 0 Å². The van der Waals surface area contributed by atoms with Gasteiger partial charge in [0.1, 0.15) is 6.73 Å². The third-order valence-electron chi connectivity index (χ3n) is 3.57. The molecule has 0 aromatic heterocycles. The van der Waals surface area contributed by atoms with Crippen LogP contribution in [0.4, 0.5) is 10.5 Å². The van der Waals surface area contributed by atoms with Gasteiger partial charge in [-0.1, -0.05) is 0 Å². The van der Waals surface area contributed by atoms with Crippen molar-refractivity contribution < 1.29 is 23.7 Å². The van der Waals surface area contributed by atoms with Crippen molar-refractivity contribution in [2.75, 3.05) is 40.0 Å². The topological polar surface area (TPSA) is 69.3 Å². The van der Waals surface area contributed by atoms with Gasteiger partial charge >= 0.3 is 6.03 Å². The lowest BCUT2D eigenvalue weighted by molar-refractivity contribution is 0.147. The fourth-order valence-corrected chi connectivity index (χ4v) is 2.32. The molecule has 1 N–H and O–H groups in total. The van der Waals surface area contributed by atoms with Crippen LogP contribution in [0.5, 0.6) is 17.2 Å². The molecule has 122 valence electrons. The van der Waals surface area contributed by atoms with E-state index in [4.69, 9.17) is 18.9 Å². The third kappa shape index (κ3) is 3.04. The average Bonchev–Trinajstić information content (AvgIpc) is 2.85. The zero-order valence-corrected chi connectivity index (χ0v) is 13.6. The molecule has 1 heterocycles. The van der Waals surface area contributed by atoms with Gasteiger partial charge in [-0.2, -0.15) is 0 Å². The van der Waals surface area contributed by atoms with Gasteiger partial charge in [0.05, 0.1) is 39.2 Å². The number of benzene rings is 1. The van der Waals surface area contributed by atoms with Gasteiger partial charge in [-0.25, -0.2) is 4.79 Å². The summed E-state index contributed by atoms with van der Waals surface area (Å²) >= 11 is 0. The van der Waals surface area contributed by atoms with Crippen molar-refractivity contribution in [3.05, 3.63) is 12.1 Å². The van der Waals surface area contributed by atoms with Crippen LogP contribution in [0, 0.1) is 0 Å². The number of nitrogens with zero attached hydrogens (tertiary/aromatic N) is 1. The summed E-state index contributed by atoms with van der Waals surface area (Å²) in [4.78, 5) is 14.0. The van der Waals surface area contributed by atoms with E-state index in [-0.39, 0.29) is 18.3 Å². The molecule has 1 aromatic carbocycles. The number of nitrogens with one attached hydrogen (secondary N) is 1. The monoisotopic (exact) mass is 310 g/mol. The lowest BCUT2D eigenvalue weighted by Gasteiger charge is -2.29. The Hall–Kier alpha value is -2.15. The summed E-state index contributed by atoms with van der Waals surface area (Å²) < 4.78 is 21.2. The van der Waals surface area contributed by atoms with Gasteiger partial charge in [0.25, 0.3) is 0 Å². The lowest BCUT2D eigenvalue weighted by atomic mass is 10.1. The largest absolute Gasteiger partial charge is 0.493 e. The molecular formula is C15H22N2O5. The van der Waals surface area contributed by atoms with Crippen molar-refractivity contribution in [3.63, 3.8) is 0 Å². The van der Waals surface area contributed by atoms with Crippen LogP contribution in [0.3, 0.4) is 0 Å². The molecular weight excluding hydrogens is 288 g/mol.